The molecule has 0 aliphatic heterocycles. The number of amides is 1. The van der Waals surface area contributed by atoms with Crippen molar-refractivity contribution in [3.8, 4) is 22.6 Å². The molecule has 0 atom stereocenters. The predicted molar refractivity (Wildman–Crippen MR) is 151 cm³/mol. The van der Waals surface area contributed by atoms with Crippen LogP contribution in [0.15, 0.2) is 47.4 Å². The standard InChI is InChI=1S/C30H30F4N2O4S/c1-15-10-18(31)11-16(2)24(15)40-22-9-8-17(28(3,4)39)12-19(22)21-14-36(7)27(38)25-20(21)13-23(41-25)26(37)35-29(5,6)30(32,33)34/h8-14,39H,1-7H3,(H,35,37). The van der Waals surface area contributed by atoms with Crippen molar-refractivity contribution in [1.29, 1.82) is 0 Å². The van der Waals surface area contributed by atoms with E-state index in [1.807, 2.05) is 5.32 Å². The van der Waals surface area contributed by atoms with E-state index in [-0.39, 0.29) is 9.58 Å². The second-order valence-electron chi connectivity index (χ2n) is 11.1. The van der Waals surface area contributed by atoms with Crippen molar-refractivity contribution >= 4 is 27.3 Å². The third-order valence-electron chi connectivity index (χ3n) is 6.83. The molecule has 2 aromatic carbocycles. The molecule has 0 spiro atoms. The molecule has 41 heavy (non-hydrogen) atoms. The first-order valence-electron chi connectivity index (χ1n) is 12.6. The zero-order valence-electron chi connectivity index (χ0n) is 23.6. The van der Waals surface area contributed by atoms with Crippen LogP contribution in [0.3, 0.4) is 0 Å². The van der Waals surface area contributed by atoms with Gasteiger partial charge in [0.15, 0.2) is 0 Å². The maximum Gasteiger partial charge on any atom is 0.410 e. The fourth-order valence-corrected chi connectivity index (χ4v) is 5.40. The van der Waals surface area contributed by atoms with Gasteiger partial charge >= 0.3 is 6.18 Å². The Morgan fingerprint density at radius 3 is 2.17 bits per heavy atom. The van der Waals surface area contributed by atoms with Crippen LogP contribution >= 0.6 is 11.3 Å². The summed E-state index contributed by atoms with van der Waals surface area (Å²) in [5.74, 6) is -0.640. The number of rotatable bonds is 6. The second-order valence-corrected chi connectivity index (χ2v) is 12.2. The van der Waals surface area contributed by atoms with E-state index in [2.05, 4.69) is 0 Å². The molecule has 11 heteroatoms. The van der Waals surface area contributed by atoms with Crippen LogP contribution in [0.1, 0.15) is 54.1 Å². The fraction of sp³-hybridized carbons (Fsp3) is 0.333. The van der Waals surface area contributed by atoms with Crippen molar-refractivity contribution in [1.82, 2.24) is 9.88 Å². The first kappa shape index (κ1) is 30.3. The van der Waals surface area contributed by atoms with Gasteiger partial charge in [-0.1, -0.05) is 6.07 Å². The number of hydrogen-bond donors (Lipinski definition) is 2. The highest BCUT2D eigenvalue weighted by molar-refractivity contribution is 7.20. The Morgan fingerprint density at radius 1 is 1.00 bits per heavy atom. The number of aryl methyl sites for hydroxylation is 3. The van der Waals surface area contributed by atoms with Crippen molar-refractivity contribution in [3.63, 3.8) is 0 Å². The average Bonchev–Trinajstić information content (AvgIpc) is 3.28. The highest BCUT2D eigenvalue weighted by Crippen LogP contribution is 2.42. The monoisotopic (exact) mass is 590 g/mol. The van der Waals surface area contributed by atoms with Crippen molar-refractivity contribution < 1.29 is 32.2 Å². The highest BCUT2D eigenvalue weighted by atomic mass is 32.1. The summed E-state index contributed by atoms with van der Waals surface area (Å²) in [6, 6.07) is 9.07. The van der Waals surface area contributed by atoms with Crippen LogP contribution in [0.2, 0.25) is 0 Å². The molecule has 4 rings (SSSR count). The van der Waals surface area contributed by atoms with Gasteiger partial charge in [0, 0.05) is 29.8 Å². The maximum atomic E-state index is 14.0. The first-order valence-corrected chi connectivity index (χ1v) is 13.5. The first-order chi connectivity index (χ1) is 18.8. The molecule has 2 heterocycles. The van der Waals surface area contributed by atoms with E-state index in [0.29, 0.717) is 44.7 Å². The van der Waals surface area contributed by atoms with Gasteiger partial charge in [0.25, 0.3) is 11.5 Å². The summed E-state index contributed by atoms with van der Waals surface area (Å²) in [5.41, 5.74) is -1.67. The lowest BCUT2D eigenvalue weighted by molar-refractivity contribution is -0.182. The fourth-order valence-electron chi connectivity index (χ4n) is 4.35. The predicted octanol–water partition coefficient (Wildman–Crippen LogP) is 7.11. The highest BCUT2D eigenvalue weighted by Gasteiger charge is 2.48. The number of hydrogen-bond acceptors (Lipinski definition) is 5. The van der Waals surface area contributed by atoms with Gasteiger partial charge in [-0.25, -0.2) is 4.39 Å². The lowest BCUT2D eigenvalue weighted by atomic mass is 9.93. The Kier molecular flexibility index (Phi) is 7.60. The number of pyridine rings is 1. The third-order valence-corrected chi connectivity index (χ3v) is 7.95. The van der Waals surface area contributed by atoms with Gasteiger partial charge in [0.1, 0.15) is 27.6 Å². The summed E-state index contributed by atoms with van der Waals surface area (Å²) < 4.78 is 62.0. The number of carbonyl (C=O) groups is 1. The van der Waals surface area contributed by atoms with Crippen molar-refractivity contribution in [2.75, 3.05) is 0 Å². The van der Waals surface area contributed by atoms with Gasteiger partial charge in [-0.2, -0.15) is 13.2 Å². The van der Waals surface area contributed by atoms with Gasteiger partial charge < -0.3 is 19.7 Å². The van der Waals surface area contributed by atoms with Crippen LogP contribution in [-0.2, 0) is 12.6 Å². The van der Waals surface area contributed by atoms with Gasteiger partial charge in [-0.3, -0.25) is 9.59 Å². The Morgan fingerprint density at radius 2 is 1.61 bits per heavy atom. The molecule has 0 saturated heterocycles. The number of thiophene rings is 1. The van der Waals surface area contributed by atoms with E-state index in [1.54, 1.807) is 52.1 Å². The van der Waals surface area contributed by atoms with Crippen LogP contribution < -0.4 is 15.6 Å². The molecule has 2 aromatic heterocycles. The average molecular weight is 591 g/mol. The second kappa shape index (κ2) is 10.3. The van der Waals surface area contributed by atoms with Gasteiger partial charge in [0.05, 0.1) is 10.5 Å². The van der Waals surface area contributed by atoms with E-state index in [0.717, 1.165) is 25.2 Å². The van der Waals surface area contributed by atoms with Gasteiger partial charge in [-0.05, 0) is 88.6 Å². The summed E-state index contributed by atoms with van der Waals surface area (Å²) in [7, 11) is 1.52. The number of benzene rings is 2. The van der Waals surface area contributed by atoms with Crippen LogP contribution in [0.4, 0.5) is 17.6 Å². The minimum atomic E-state index is -4.69. The van der Waals surface area contributed by atoms with Crippen LogP contribution in [0, 0.1) is 19.7 Å². The van der Waals surface area contributed by atoms with Crippen LogP contribution in [0.5, 0.6) is 11.5 Å². The Bertz CT molecular complexity index is 1710. The molecular formula is C30H30F4N2O4S. The number of nitrogens with zero attached hydrogens (tertiary/aromatic N) is 1. The topological polar surface area (TPSA) is 80.6 Å². The lowest BCUT2D eigenvalue weighted by Gasteiger charge is -2.28. The molecule has 0 bridgehead atoms. The number of aliphatic hydroxyl groups is 1. The van der Waals surface area contributed by atoms with Gasteiger partial charge in [0.2, 0.25) is 0 Å². The van der Waals surface area contributed by atoms with Crippen LogP contribution in [-0.4, -0.2) is 27.3 Å². The van der Waals surface area contributed by atoms with E-state index < -0.39 is 34.6 Å². The summed E-state index contributed by atoms with van der Waals surface area (Å²) in [4.78, 5) is 25.9. The van der Waals surface area contributed by atoms with Gasteiger partial charge in [-0.15, -0.1) is 11.3 Å². The summed E-state index contributed by atoms with van der Waals surface area (Å²) in [5, 5.41) is 13.1. The summed E-state index contributed by atoms with van der Waals surface area (Å²) in [6.07, 6.45) is -3.15. The largest absolute Gasteiger partial charge is 0.456 e. The van der Waals surface area contributed by atoms with Crippen molar-refractivity contribution in [3.05, 3.63) is 80.3 Å². The number of fused-ring (bicyclic) bond motifs is 1. The quantitative estimate of drug-likeness (QED) is 0.235. The molecule has 0 fully saturated rings. The Labute approximate surface area is 238 Å². The van der Waals surface area contributed by atoms with E-state index in [9.17, 15) is 32.3 Å². The molecule has 6 nitrogen and oxygen atoms in total. The molecule has 1 amide bonds. The number of ether oxygens (including phenoxy) is 1. The molecule has 0 radical (unpaired) electrons. The van der Waals surface area contributed by atoms with Crippen LogP contribution in [0.25, 0.3) is 21.2 Å². The van der Waals surface area contributed by atoms with E-state index >= 15 is 0 Å². The minimum absolute atomic E-state index is 0.0757. The molecule has 4 aromatic rings. The molecule has 0 aliphatic carbocycles. The maximum absolute atomic E-state index is 14.0. The molecule has 0 aliphatic rings. The van der Waals surface area contributed by atoms with E-state index in [1.165, 1.54) is 29.8 Å². The number of carbonyl (C=O) groups excluding carboxylic acids is 1. The molecule has 218 valence electrons. The molecule has 0 unspecified atom stereocenters. The lowest BCUT2D eigenvalue weighted by Crippen LogP contribution is -2.54. The number of aromatic nitrogens is 1. The Hall–Kier alpha value is -3.70. The molecule has 2 N–H and O–H groups in total. The third kappa shape index (κ3) is 5.87. The molecule has 0 saturated carbocycles. The van der Waals surface area contributed by atoms with E-state index in [4.69, 9.17) is 4.74 Å². The zero-order valence-corrected chi connectivity index (χ0v) is 24.4. The number of halogens is 4. The SMILES string of the molecule is Cc1cc(F)cc(C)c1Oc1ccc(C(C)(C)O)cc1-c1cn(C)c(=O)c2sc(C(=O)NC(C)(C)C(F)(F)F)cc12. The van der Waals surface area contributed by atoms with Crippen molar-refractivity contribution in [2.45, 2.75) is 58.9 Å². The normalized spacial score (nSPS) is 12.6. The summed E-state index contributed by atoms with van der Waals surface area (Å²) in [6.45, 7) is 8.32. The van der Waals surface area contributed by atoms with Crippen molar-refractivity contribution in [2.24, 2.45) is 7.05 Å². The minimum Gasteiger partial charge on any atom is -0.456 e. The molecular weight excluding hydrogens is 560 g/mol. The Balaban J connectivity index is 1.94. The number of nitrogens with one attached hydrogen (secondary N) is 1. The zero-order chi connectivity index (χ0) is 30.7. The smallest absolute Gasteiger partial charge is 0.410 e. The number of alkyl halides is 3. The summed E-state index contributed by atoms with van der Waals surface area (Å²) >= 11 is 0.788.